The summed E-state index contributed by atoms with van der Waals surface area (Å²) in [6.45, 7) is 3.68. The van der Waals surface area contributed by atoms with Gasteiger partial charge in [0.25, 0.3) is 11.5 Å². The normalized spacial score (nSPS) is 10.9. The predicted octanol–water partition coefficient (Wildman–Crippen LogP) is 5.01. The largest absolute Gasteiger partial charge is 0.463 e. The van der Waals surface area contributed by atoms with Crippen molar-refractivity contribution in [2.75, 3.05) is 5.32 Å². The Labute approximate surface area is 201 Å². The van der Waals surface area contributed by atoms with Gasteiger partial charge in [0, 0.05) is 22.9 Å². The first-order valence-electron chi connectivity index (χ1n) is 11.2. The van der Waals surface area contributed by atoms with E-state index in [1.807, 2.05) is 49.4 Å². The number of nitrogens with zero attached hydrogens (tertiary/aromatic N) is 3. The summed E-state index contributed by atoms with van der Waals surface area (Å²) in [5, 5.41) is 7.43. The summed E-state index contributed by atoms with van der Waals surface area (Å²) >= 11 is 0. The van der Waals surface area contributed by atoms with Crippen LogP contribution in [0.4, 0.5) is 5.82 Å². The van der Waals surface area contributed by atoms with Gasteiger partial charge in [0.1, 0.15) is 11.5 Å². The van der Waals surface area contributed by atoms with Crippen LogP contribution in [0.5, 0.6) is 0 Å². The molecule has 3 heterocycles. The number of amides is 1. The van der Waals surface area contributed by atoms with Crippen molar-refractivity contribution in [3.8, 4) is 28.5 Å². The Morgan fingerprint density at radius 2 is 1.77 bits per heavy atom. The molecule has 174 valence electrons. The summed E-state index contributed by atoms with van der Waals surface area (Å²) in [6.07, 6.45) is 2.11. The molecule has 2 N–H and O–H groups in total. The molecule has 5 aromatic rings. The molecule has 0 aliphatic heterocycles. The van der Waals surface area contributed by atoms with Crippen LogP contribution in [-0.2, 0) is 6.42 Å². The van der Waals surface area contributed by atoms with Crippen LogP contribution in [0.25, 0.3) is 28.5 Å². The third-order valence-electron chi connectivity index (χ3n) is 5.74. The maximum absolute atomic E-state index is 13.1. The molecular weight excluding hydrogens is 442 g/mol. The van der Waals surface area contributed by atoms with Crippen LogP contribution in [0.2, 0.25) is 0 Å². The van der Waals surface area contributed by atoms with Gasteiger partial charge in [-0.3, -0.25) is 14.6 Å². The number of benzene rings is 2. The Morgan fingerprint density at radius 3 is 2.43 bits per heavy atom. The monoisotopic (exact) mass is 465 g/mol. The summed E-state index contributed by atoms with van der Waals surface area (Å²) in [5.74, 6) is 0.759. The van der Waals surface area contributed by atoms with Crippen molar-refractivity contribution in [2.45, 2.75) is 20.3 Å². The Kier molecular flexibility index (Phi) is 5.85. The molecule has 0 unspecified atom stereocenters. The first-order valence-corrected chi connectivity index (χ1v) is 11.2. The number of hydrogen-bond donors (Lipinski definition) is 2. The quantitative estimate of drug-likeness (QED) is 0.367. The van der Waals surface area contributed by atoms with E-state index in [1.54, 1.807) is 43.5 Å². The predicted molar refractivity (Wildman–Crippen MR) is 134 cm³/mol. The highest BCUT2D eigenvalue weighted by atomic mass is 16.3. The molecule has 2 aromatic carbocycles. The van der Waals surface area contributed by atoms with Gasteiger partial charge in [0.2, 0.25) is 5.95 Å². The molecule has 5 rings (SSSR count). The molecular formula is C27H23N5O3. The number of aryl methyl sites for hydroxylation is 1. The molecule has 0 atom stereocenters. The van der Waals surface area contributed by atoms with Crippen LogP contribution in [-0.4, -0.2) is 25.7 Å². The van der Waals surface area contributed by atoms with E-state index in [0.717, 1.165) is 11.1 Å². The van der Waals surface area contributed by atoms with E-state index in [9.17, 15) is 9.59 Å². The number of H-pyrrole nitrogens is 1. The summed E-state index contributed by atoms with van der Waals surface area (Å²) in [7, 11) is 0. The number of carbonyl (C=O) groups is 1. The lowest BCUT2D eigenvalue weighted by Gasteiger charge is -2.10. The maximum Gasteiger partial charge on any atom is 0.256 e. The third kappa shape index (κ3) is 4.41. The molecule has 8 heteroatoms. The lowest BCUT2D eigenvalue weighted by molar-refractivity contribution is 0.102. The minimum atomic E-state index is -0.319. The fourth-order valence-electron chi connectivity index (χ4n) is 3.92. The minimum absolute atomic E-state index is 0.206. The number of nitrogens with one attached hydrogen (secondary N) is 2. The van der Waals surface area contributed by atoms with Crippen LogP contribution in [0.15, 0.2) is 88.3 Å². The van der Waals surface area contributed by atoms with Gasteiger partial charge in [-0.25, -0.2) is 4.98 Å². The lowest BCUT2D eigenvalue weighted by atomic mass is 10.0. The molecule has 0 aliphatic rings. The first kappa shape index (κ1) is 22.1. The zero-order chi connectivity index (χ0) is 24.4. The number of hydrogen-bond acceptors (Lipinski definition) is 5. The van der Waals surface area contributed by atoms with E-state index >= 15 is 0 Å². The maximum atomic E-state index is 13.1. The number of aromatic amines is 1. The SMILES string of the molecule is CCc1c(C)nc(-n2nc(-c3ccco3)cc2NC(=O)c2ccc(-c3ccccc3)cc2)[nH]c1=O. The Morgan fingerprint density at radius 1 is 1.03 bits per heavy atom. The van der Waals surface area contributed by atoms with E-state index in [-0.39, 0.29) is 17.4 Å². The zero-order valence-corrected chi connectivity index (χ0v) is 19.3. The van der Waals surface area contributed by atoms with Crippen molar-refractivity contribution >= 4 is 11.7 Å². The van der Waals surface area contributed by atoms with Gasteiger partial charge in [-0.2, -0.15) is 9.78 Å². The highest BCUT2D eigenvalue weighted by molar-refractivity contribution is 6.04. The van der Waals surface area contributed by atoms with Crippen molar-refractivity contribution < 1.29 is 9.21 Å². The molecule has 0 spiro atoms. The Hall–Kier alpha value is -4.72. The number of aromatic nitrogens is 4. The second-order valence-electron chi connectivity index (χ2n) is 8.01. The molecule has 0 fully saturated rings. The molecule has 0 saturated carbocycles. The van der Waals surface area contributed by atoms with E-state index in [4.69, 9.17) is 4.42 Å². The molecule has 0 aliphatic carbocycles. The van der Waals surface area contributed by atoms with E-state index in [2.05, 4.69) is 20.4 Å². The molecule has 0 radical (unpaired) electrons. The molecule has 3 aromatic heterocycles. The molecule has 0 saturated heterocycles. The Balaban J connectivity index is 1.49. The fourth-order valence-corrected chi connectivity index (χ4v) is 3.92. The summed E-state index contributed by atoms with van der Waals surface area (Å²) in [6, 6.07) is 22.5. The van der Waals surface area contributed by atoms with Crippen molar-refractivity contribution in [2.24, 2.45) is 0 Å². The molecule has 35 heavy (non-hydrogen) atoms. The van der Waals surface area contributed by atoms with Gasteiger partial charge >= 0.3 is 0 Å². The number of carbonyl (C=O) groups excluding carboxylic acids is 1. The average Bonchev–Trinajstić information content (AvgIpc) is 3.55. The van der Waals surface area contributed by atoms with Gasteiger partial charge in [-0.15, -0.1) is 0 Å². The standard InChI is InChI=1S/C27H23N5O3/c1-3-21-17(2)28-27(30-26(21)34)32-24(16-22(31-32)23-10-7-15-35-23)29-25(33)20-13-11-19(12-14-20)18-8-5-4-6-9-18/h4-16H,3H2,1-2H3,(H,29,33)(H,28,30,34). The zero-order valence-electron chi connectivity index (χ0n) is 19.3. The Bertz CT molecular complexity index is 1530. The number of furan rings is 1. The topological polar surface area (TPSA) is 106 Å². The van der Waals surface area contributed by atoms with Gasteiger partial charge in [-0.05, 0) is 48.7 Å². The van der Waals surface area contributed by atoms with Crippen LogP contribution >= 0.6 is 0 Å². The molecule has 0 bridgehead atoms. The highest BCUT2D eigenvalue weighted by Gasteiger charge is 2.18. The van der Waals surface area contributed by atoms with E-state index in [1.165, 1.54) is 4.68 Å². The number of anilines is 1. The first-order chi connectivity index (χ1) is 17.0. The van der Waals surface area contributed by atoms with E-state index in [0.29, 0.717) is 40.5 Å². The van der Waals surface area contributed by atoms with Crippen LogP contribution in [0, 0.1) is 6.92 Å². The summed E-state index contributed by atoms with van der Waals surface area (Å²) < 4.78 is 6.88. The highest BCUT2D eigenvalue weighted by Crippen LogP contribution is 2.25. The number of rotatable bonds is 6. The molecule has 8 nitrogen and oxygen atoms in total. The third-order valence-corrected chi connectivity index (χ3v) is 5.74. The van der Waals surface area contributed by atoms with Crippen molar-refractivity contribution in [1.82, 2.24) is 19.7 Å². The van der Waals surface area contributed by atoms with Gasteiger partial charge in [0.05, 0.1) is 6.26 Å². The fraction of sp³-hybridized carbons (Fsp3) is 0.111. The smallest absolute Gasteiger partial charge is 0.256 e. The lowest BCUT2D eigenvalue weighted by Crippen LogP contribution is -2.22. The second kappa shape index (κ2) is 9.26. The molecule has 1 amide bonds. The van der Waals surface area contributed by atoms with E-state index < -0.39 is 0 Å². The van der Waals surface area contributed by atoms with Crippen LogP contribution < -0.4 is 10.9 Å². The van der Waals surface area contributed by atoms with Gasteiger partial charge in [-0.1, -0.05) is 49.4 Å². The van der Waals surface area contributed by atoms with Crippen LogP contribution in [0.3, 0.4) is 0 Å². The van der Waals surface area contributed by atoms with Crippen molar-refractivity contribution in [3.05, 3.63) is 106 Å². The minimum Gasteiger partial charge on any atom is -0.463 e. The summed E-state index contributed by atoms with van der Waals surface area (Å²) in [5.41, 5.74) is 4.04. The van der Waals surface area contributed by atoms with Crippen molar-refractivity contribution in [1.29, 1.82) is 0 Å². The van der Waals surface area contributed by atoms with Crippen molar-refractivity contribution in [3.63, 3.8) is 0 Å². The average molecular weight is 466 g/mol. The second-order valence-corrected chi connectivity index (χ2v) is 8.01. The van der Waals surface area contributed by atoms with Gasteiger partial charge in [0.15, 0.2) is 5.76 Å². The summed E-state index contributed by atoms with van der Waals surface area (Å²) in [4.78, 5) is 33.0. The van der Waals surface area contributed by atoms with Crippen LogP contribution in [0.1, 0.15) is 28.5 Å². The van der Waals surface area contributed by atoms with Gasteiger partial charge < -0.3 is 9.73 Å².